The summed E-state index contributed by atoms with van der Waals surface area (Å²) in [5.41, 5.74) is 2.71. The molecule has 0 fully saturated rings. The van der Waals surface area contributed by atoms with Crippen LogP contribution >= 0.6 is 23.6 Å². The van der Waals surface area contributed by atoms with E-state index < -0.39 is 0 Å². The maximum atomic E-state index is 12.3. The summed E-state index contributed by atoms with van der Waals surface area (Å²) in [6.45, 7) is 4.13. The first-order chi connectivity index (χ1) is 13.3. The van der Waals surface area contributed by atoms with Crippen molar-refractivity contribution in [2.45, 2.75) is 26.8 Å². The van der Waals surface area contributed by atoms with Crippen LogP contribution in [-0.4, -0.2) is 47.5 Å². The molecule has 1 aromatic carbocycles. The fourth-order valence-corrected chi connectivity index (χ4v) is 3.49. The van der Waals surface area contributed by atoms with Crippen molar-refractivity contribution < 1.29 is 9.59 Å². The Hall–Kier alpha value is -2.52. The van der Waals surface area contributed by atoms with Gasteiger partial charge in [0.2, 0.25) is 11.8 Å². The van der Waals surface area contributed by atoms with Crippen LogP contribution in [0.5, 0.6) is 0 Å². The molecule has 0 unspecified atom stereocenters. The number of aryl methyl sites for hydroxylation is 1. The van der Waals surface area contributed by atoms with Crippen molar-refractivity contribution in [1.29, 1.82) is 0 Å². The number of rotatable bonds is 7. The van der Waals surface area contributed by atoms with Gasteiger partial charge in [-0.2, -0.15) is 0 Å². The van der Waals surface area contributed by atoms with Gasteiger partial charge in [-0.05, 0) is 30.3 Å². The number of carbonyl (C=O) groups excluding carboxylic acids is 2. The van der Waals surface area contributed by atoms with Crippen LogP contribution < -0.4 is 15.5 Å². The van der Waals surface area contributed by atoms with Gasteiger partial charge in [-0.1, -0.05) is 25.1 Å². The van der Waals surface area contributed by atoms with Crippen molar-refractivity contribution in [2.24, 2.45) is 0 Å². The predicted molar refractivity (Wildman–Crippen MR) is 117 cm³/mol. The lowest BCUT2D eigenvalue weighted by molar-refractivity contribution is -0.127. The molecule has 150 valence electrons. The first-order valence-corrected chi connectivity index (χ1v) is 10.2. The Bertz CT molecular complexity index is 850. The molecular weight excluding hydrogens is 394 g/mol. The maximum absolute atomic E-state index is 12.3. The van der Waals surface area contributed by atoms with Gasteiger partial charge in [0.25, 0.3) is 0 Å². The normalized spacial score (nSPS) is 10.3. The number of likely N-dealkylation sites (N-methyl/N-ethyl adjacent to an activating group) is 1. The number of amides is 2. The van der Waals surface area contributed by atoms with Gasteiger partial charge in [-0.3, -0.25) is 14.5 Å². The Morgan fingerprint density at radius 1 is 1.21 bits per heavy atom. The molecule has 0 saturated heterocycles. The highest BCUT2D eigenvalue weighted by atomic mass is 32.1. The summed E-state index contributed by atoms with van der Waals surface area (Å²) in [6, 6.07) is 7.83. The van der Waals surface area contributed by atoms with Crippen LogP contribution in [0.4, 0.5) is 10.8 Å². The number of benzene rings is 1. The van der Waals surface area contributed by atoms with Crippen LogP contribution in [0.1, 0.15) is 25.1 Å². The SMILES string of the molecule is CCc1ccccc1N(C(C)=O)c1nc(CNC(=S)NCC(=O)N(C)C)cs1. The molecule has 7 nitrogen and oxygen atoms in total. The smallest absolute Gasteiger partial charge is 0.241 e. The van der Waals surface area contributed by atoms with Gasteiger partial charge in [0.1, 0.15) is 0 Å². The van der Waals surface area contributed by atoms with Gasteiger partial charge in [0, 0.05) is 26.4 Å². The lowest BCUT2D eigenvalue weighted by Crippen LogP contribution is -2.41. The van der Waals surface area contributed by atoms with E-state index in [1.54, 1.807) is 19.0 Å². The van der Waals surface area contributed by atoms with Crippen LogP contribution in [0.3, 0.4) is 0 Å². The summed E-state index contributed by atoms with van der Waals surface area (Å²) < 4.78 is 0. The van der Waals surface area contributed by atoms with Gasteiger partial charge in [0.05, 0.1) is 24.5 Å². The molecule has 0 atom stereocenters. The second kappa shape index (κ2) is 10.1. The molecule has 2 N–H and O–H groups in total. The number of carbonyl (C=O) groups is 2. The highest BCUT2D eigenvalue weighted by Gasteiger charge is 2.20. The minimum absolute atomic E-state index is 0.0632. The lowest BCUT2D eigenvalue weighted by Gasteiger charge is -2.21. The van der Waals surface area contributed by atoms with E-state index in [1.807, 2.05) is 29.6 Å². The average molecular weight is 420 g/mol. The van der Waals surface area contributed by atoms with Crippen LogP contribution in [0.25, 0.3) is 0 Å². The summed E-state index contributed by atoms with van der Waals surface area (Å²) in [4.78, 5) is 31.6. The number of nitrogens with zero attached hydrogens (tertiary/aromatic N) is 3. The second-order valence-electron chi connectivity index (χ2n) is 6.28. The summed E-state index contributed by atoms with van der Waals surface area (Å²) in [5, 5.41) is 8.78. The standard InChI is InChI=1S/C19H25N5O2S2/c1-5-14-8-6-7-9-16(14)24(13(2)25)19-22-15(12-28-19)10-20-18(27)21-11-17(26)23(3)4/h6-9,12H,5,10-11H2,1-4H3,(H2,20,21,27). The van der Waals surface area contributed by atoms with Crippen LogP contribution in [0.15, 0.2) is 29.6 Å². The number of aromatic nitrogens is 1. The molecule has 28 heavy (non-hydrogen) atoms. The Balaban J connectivity index is 2.04. The van der Waals surface area contributed by atoms with Crippen molar-refractivity contribution in [3.63, 3.8) is 0 Å². The van der Waals surface area contributed by atoms with E-state index >= 15 is 0 Å². The Morgan fingerprint density at radius 3 is 2.57 bits per heavy atom. The number of nitrogens with one attached hydrogen (secondary N) is 2. The fraction of sp³-hybridized carbons (Fsp3) is 0.368. The molecule has 0 saturated carbocycles. The van der Waals surface area contributed by atoms with Gasteiger partial charge in [0.15, 0.2) is 10.2 Å². The summed E-state index contributed by atoms with van der Waals surface area (Å²) in [7, 11) is 3.38. The van der Waals surface area contributed by atoms with Crippen LogP contribution in [-0.2, 0) is 22.6 Å². The molecule has 9 heteroatoms. The number of thiazole rings is 1. The molecule has 2 rings (SSSR count). The largest absolute Gasteiger partial charge is 0.357 e. The van der Waals surface area contributed by atoms with Gasteiger partial charge < -0.3 is 15.5 Å². The van der Waals surface area contributed by atoms with Gasteiger partial charge in [-0.15, -0.1) is 11.3 Å². The van der Waals surface area contributed by atoms with E-state index in [2.05, 4.69) is 22.5 Å². The maximum Gasteiger partial charge on any atom is 0.241 e. The molecule has 1 aromatic heterocycles. The Kier molecular flexibility index (Phi) is 7.89. The molecule has 0 aliphatic carbocycles. The zero-order valence-electron chi connectivity index (χ0n) is 16.5. The van der Waals surface area contributed by atoms with E-state index in [0.29, 0.717) is 16.8 Å². The molecule has 0 aliphatic rings. The lowest BCUT2D eigenvalue weighted by atomic mass is 10.1. The number of anilines is 2. The summed E-state index contributed by atoms with van der Waals surface area (Å²) >= 11 is 6.59. The van der Waals surface area contributed by atoms with E-state index in [-0.39, 0.29) is 18.4 Å². The Morgan fingerprint density at radius 2 is 1.93 bits per heavy atom. The molecule has 2 amide bonds. The molecule has 0 radical (unpaired) electrons. The van der Waals surface area contributed by atoms with E-state index in [0.717, 1.165) is 23.4 Å². The molecule has 0 spiro atoms. The van der Waals surface area contributed by atoms with E-state index in [4.69, 9.17) is 12.2 Å². The minimum Gasteiger partial charge on any atom is -0.357 e. The molecule has 0 aliphatic heterocycles. The number of hydrogen-bond donors (Lipinski definition) is 2. The summed E-state index contributed by atoms with van der Waals surface area (Å²) in [5.74, 6) is -0.152. The van der Waals surface area contributed by atoms with Crippen molar-refractivity contribution in [3.8, 4) is 0 Å². The van der Waals surface area contributed by atoms with Crippen molar-refractivity contribution >= 4 is 51.3 Å². The number of hydrogen-bond acceptors (Lipinski definition) is 5. The molecular formula is C19H25N5O2S2. The zero-order valence-corrected chi connectivity index (χ0v) is 18.1. The Labute approximate surface area is 174 Å². The van der Waals surface area contributed by atoms with Crippen molar-refractivity contribution in [2.75, 3.05) is 25.5 Å². The first-order valence-electron chi connectivity index (χ1n) is 8.88. The van der Waals surface area contributed by atoms with Gasteiger partial charge in [-0.25, -0.2) is 4.98 Å². The summed E-state index contributed by atoms with van der Waals surface area (Å²) in [6.07, 6.45) is 0.825. The third kappa shape index (κ3) is 5.74. The predicted octanol–water partition coefficient (Wildman–Crippen LogP) is 2.44. The number of para-hydroxylation sites is 1. The quantitative estimate of drug-likeness (QED) is 0.672. The first kappa shape index (κ1) is 21.8. The van der Waals surface area contributed by atoms with Crippen LogP contribution in [0.2, 0.25) is 0 Å². The third-order valence-electron chi connectivity index (χ3n) is 3.99. The minimum atomic E-state index is -0.0888. The molecule has 2 aromatic rings. The average Bonchev–Trinajstić information content (AvgIpc) is 3.13. The highest BCUT2D eigenvalue weighted by Crippen LogP contribution is 2.31. The van der Waals surface area contributed by atoms with E-state index in [9.17, 15) is 9.59 Å². The van der Waals surface area contributed by atoms with Crippen molar-refractivity contribution in [1.82, 2.24) is 20.5 Å². The third-order valence-corrected chi connectivity index (χ3v) is 5.15. The molecule has 0 bridgehead atoms. The number of thiocarbonyl (C=S) groups is 1. The fourth-order valence-electron chi connectivity index (χ4n) is 2.46. The highest BCUT2D eigenvalue weighted by molar-refractivity contribution is 7.80. The zero-order chi connectivity index (χ0) is 20.7. The van der Waals surface area contributed by atoms with E-state index in [1.165, 1.54) is 23.2 Å². The topological polar surface area (TPSA) is 77.6 Å². The monoisotopic (exact) mass is 419 g/mol. The second-order valence-corrected chi connectivity index (χ2v) is 7.53. The van der Waals surface area contributed by atoms with Gasteiger partial charge >= 0.3 is 0 Å². The van der Waals surface area contributed by atoms with Crippen LogP contribution in [0, 0.1) is 0 Å². The van der Waals surface area contributed by atoms with Crippen molar-refractivity contribution in [3.05, 3.63) is 40.9 Å². The molecule has 1 heterocycles.